The summed E-state index contributed by atoms with van der Waals surface area (Å²) in [6.45, 7) is 0.490. The molecular formula is C19H19NO4S. The van der Waals surface area contributed by atoms with Crippen LogP contribution in [0.25, 0.3) is 10.8 Å². The third kappa shape index (κ3) is 3.06. The van der Waals surface area contributed by atoms with Crippen LogP contribution in [0.5, 0.6) is 0 Å². The van der Waals surface area contributed by atoms with Crippen LogP contribution in [-0.4, -0.2) is 33.0 Å². The minimum absolute atomic E-state index is 0.00594. The molecule has 1 aromatic carbocycles. The molecule has 1 atom stereocenters. The van der Waals surface area contributed by atoms with Crippen LogP contribution in [0.1, 0.15) is 31.2 Å². The molecule has 1 aliphatic carbocycles. The molecule has 1 aliphatic heterocycles. The number of carboxylic acid groups (broad SMARTS) is 1. The number of carboxylic acids is 1. The van der Waals surface area contributed by atoms with E-state index in [1.807, 2.05) is 23.1 Å². The molecule has 0 saturated heterocycles. The van der Waals surface area contributed by atoms with Gasteiger partial charge < -0.3 is 14.4 Å². The number of nitrogens with zero attached hydrogens (tertiary/aromatic N) is 1. The molecule has 6 heteroatoms. The van der Waals surface area contributed by atoms with E-state index in [-0.39, 0.29) is 17.0 Å². The van der Waals surface area contributed by atoms with Crippen LogP contribution in [-0.2, 0) is 16.1 Å². The number of benzene rings is 1. The number of aliphatic carboxylic acids is 1. The van der Waals surface area contributed by atoms with Gasteiger partial charge in [-0.25, -0.2) is 0 Å². The van der Waals surface area contributed by atoms with Gasteiger partial charge in [0.15, 0.2) is 0 Å². The van der Waals surface area contributed by atoms with E-state index >= 15 is 0 Å². The summed E-state index contributed by atoms with van der Waals surface area (Å²) < 4.78 is 5.22. The number of hydrogen-bond acceptors (Lipinski definition) is 4. The summed E-state index contributed by atoms with van der Waals surface area (Å²) in [4.78, 5) is 25.8. The van der Waals surface area contributed by atoms with Crippen molar-refractivity contribution < 1.29 is 19.1 Å². The molecule has 0 bridgehead atoms. The van der Waals surface area contributed by atoms with Crippen molar-refractivity contribution in [3.63, 3.8) is 0 Å². The Morgan fingerprint density at radius 1 is 1.24 bits per heavy atom. The lowest BCUT2D eigenvalue weighted by atomic mass is 9.94. The summed E-state index contributed by atoms with van der Waals surface area (Å²) in [6.07, 6.45) is 7.22. The molecule has 5 nitrogen and oxygen atoms in total. The average Bonchev–Trinajstić information content (AvgIpc) is 3.17. The molecule has 0 saturated carbocycles. The third-order valence-electron chi connectivity index (χ3n) is 4.87. The van der Waals surface area contributed by atoms with Crippen LogP contribution in [0.4, 0.5) is 0 Å². The Morgan fingerprint density at radius 2 is 2.04 bits per heavy atom. The molecule has 1 aromatic heterocycles. The maximum absolute atomic E-state index is 12.9. The van der Waals surface area contributed by atoms with E-state index in [9.17, 15) is 9.59 Å². The largest absolute Gasteiger partial charge is 0.481 e. The van der Waals surface area contributed by atoms with Crippen molar-refractivity contribution in [3.8, 4) is 0 Å². The first-order valence-corrected chi connectivity index (χ1v) is 9.49. The second kappa shape index (κ2) is 6.59. The van der Waals surface area contributed by atoms with Gasteiger partial charge in [0.1, 0.15) is 5.37 Å². The van der Waals surface area contributed by atoms with Crippen LogP contribution < -0.4 is 0 Å². The van der Waals surface area contributed by atoms with Crippen LogP contribution >= 0.6 is 11.8 Å². The van der Waals surface area contributed by atoms with Gasteiger partial charge in [0.25, 0.3) is 5.91 Å². The Labute approximate surface area is 149 Å². The maximum atomic E-state index is 12.9. The number of carbonyl (C=O) groups excluding carboxylic acids is 1. The molecule has 2 aromatic rings. The van der Waals surface area contributed by atoms with Crippen LogP contribution in [0.15, 0.2) is 46.3 Å². The number of amides is 1. The topological polar surface area (TPSA) is 70.8 Å². The zero-order chi connectivity index (χ0) is 17.4. The van der Waals surface area contributed by atoms with Gasteiger partial charge in [-0.15, -0.1) is 11.8 Å². The molecule has 2 heterocycles. The summed E-state index contributed by atoms with van der Waals surface area (Å²) in [7, 11) is 0. The van der Waals surface area contributed by atoms with E-state index in [1.54, 1.807) is 12.5 Å². The van der Waals surface area contributed by atoms with Gasteiger partial charge in [0, 0.05) is 22.9 Å². The van der Waals surface area contributed by atoms with Crippen molar-refractivity contribution in [1.82, 2.24) is 4.90 Å². The Balaban J connectivity index is 1.61. The summed E-state index contributed by atoms with van der Waals surface area (Å²) in [5.41, 5.74) is 3.09. The summed E-state index contributed by atoms with van der Waals surface area (Å²) >= 11 is 1.34. The van der Waals surface area contributed by atoms with Crippen molar-refractivity contribution in [2.24, 2.45) is 0 Å². The number of carbonyl (C=O) groups is 2. The predicted molar refractivity (Wildman–Crippen MR) is 96.1 cm³/mol. The van der Waals surface area contributed by atoms with Gasteiger partial charge in [0.05, 0.1) is 18.3 Å². The lowest BCUT2D eigenvalue weighted by Gasteiger charge is -2.26. The number of thioether (sulfide) groups is 1. The fourth-order valence-electron chi connectivity index (χ4n) is 3.72. The van der Waals surface area contributed by atoms with Gasteiger partial charge in [0.2, 0.25) is 0 Å². The molecule has 2 aliphatic rings. The van der Waals surface area contributed by atoms with Gasteiger partial charge in [-0.1, -0.05) is 12.1 Å². The lowest BCUT2D eigenvalue weighted by Crippen LogP contribution is -2.33. The minimum atomic E-state index is -0.845. The van der Waals surface area contributed by atoms with E-state index in [4.69, 9.17) is 9.52 Å². The van der Waals surface area contributed by atoms with Gasteiger partial charge in [-0.05, 0) is 42.9 Å². The molecule has 1 N–H and O–H groups in total. The second-order valence-corrected chi connectivity index (χ2v) is 7.60. The maximum Gasteiger partial charge on any atom is 0.313 e. The van der Waals surface area contributed by atoms with Crippen LogP contribution in [0, 0.1) is 0 Å². The Hall–Kier alpha value is -2.21. The van der Waals surface area contributed by atoms with E-state index in [2.05, 4.69) is 0 Å². The van der Waals surface area contributed by atoms with Crippen molar-refractivity contribution in [3.05, 3.63) is 47.4 Å². The molecule has 0 fully saturated rings. The Bertz CT molecular complexity index is 869. The van der Waals surface area contributed by atoms with Gasteiger partial charge >= 0.3 is 5.97 Å². The van der Waals surface area contributed by atoms with Crippen molar-refractivity contribution in [2.45, 2.75) is 37.6 Å². The number of hydrogen-bond donors (Lipinski definition) is 1. The first-order valence-electron chi connectivity index (χ1n) is 8.44. The highest BCUT2D eigenvalue weighted by molar-refractivity contribution is 8.00. The van der Waals surface area contributed by atoms with Gasteiger partial charge in [-0.2, -0.15) is 0 Å². The second-order valence-electron chi connectivity index (χ2n) is 6.54. The quantitative estimate of drug-likeness (QED) is 0.881. The third-order valence-corrected chi connectivity index (χ3v) is 6.14. The van der Waals surface area contributed by atoms with Gasteiger partial charge in [-0.3, -0.25) is 9.59 Å². The zero-order valence-electron chi connectivity index (χ0n) is 13.7. The summed E-state index contributed by atoms with van der Waals surface area (Å²) in [5.74, 6) is -0.765. The standard InChI is InChI=1S/C19H19NO4S/c21-17(22)11-25-19-16-4-2-1-3-15(16)18(23)20(19)8-12-5-6-13-9-24-10-14(13)7-12/h5-7,9-10,19H,1-4,8,11H2,(H,21,22). The summed E-state index contributed by atoms with van der Waals surface area (Å²) in [5, 5.41) is 10.9. The van der Waals surface area contributed by atoms with E-state index < -0.39 is 5.97 Å². The van der Waals surface area contributed by atoms with Crippen molar-refractivity contribution >= 4 is 34.4 Å². The minimum Gasteiger partial charge on any atom is -0.481 e. The first-order chi connectivity index (χ1) is 12.1. The average molecular weight is 357 g/mol. The van der Waals surface area contributed by atoms with Crippen LogP contribution in [0.3, 0.4) is 0 Å². The predicted octanol–water partition coefficient (Wildman–Crippen LogP) is 3.79. The highest BCUT2D eigenvalue weighted by Crippen LogP contribution is 2.41. The fraction of sp³-hybridized carbons (Fsp3) is 0.368. The number of fused-ring (bicyclic) bond motifs is 1. The molecule has 1 unspecified atom stereocenters. The highest BCUT2D eigenvalue weighted by Gasteiger charge is 2.40. The summed E-state index contributed by atoms with van der Waals surface area (Å²) in [6, 6.07) is 6.02. The Kier molecular flexibility index (Phi) is 4.29. The molecule has 4 rings (SSSR count). The number of furan rings is 1. The lowest BCUT2D eigenvalue weighted by molar-refractivity contribution is -0.134. The zero-order valence-corrected chi connectivity index (χ0v) is 14.6. The van der Waals surface area contributed by atoms with E-state index in [1.165, 1.54) is 11.8 Å². The van der Waals surface area contributed by atoms with Crippen LogP contribution in [0.2, 0.25) is 0 Å². The molecule has 130 valence electrons. The Morgan fingerprint density at radius 3 is 2.88 bits per heavy atom. The first kappa shape index (κ1) is 16.3. The molecule has 0 radical (unpaired) electrons. The molecule has 0 spiro atoms. The number of rotatable bonds is 5. The fourth-order valence-corrected chi connectivity index (χ4v) is 4.83. The molecule has 1 amide bonds. The molecular weight excluding hydrogens is 338 g/mol. The monoisotopic (exact) mass is 357 g/mol. The van der Waals surface area contributed by atoms with Crippen molar-refractivity contribution in [2.75, 3.05) is 5.75 Å². The van der Waals surface area contributed by atoms with E-state index in [0.29, 0.717) is 6.54 Å². The normalized spacial score (nSPS) is 20.4. The highest BCUT2D eigenvalue weighted by atomic mass is 32.2. The van der Waals surface area contributed by atoms with Crippen molar-refractivity contribution in [1.29, 1.82) is 0 Å². The molecule has 25 heavy (non-hydrogen) atoms. The smallest absolute Gasteiger partial charge is 0.313 e. The van der Waals surface area contributed by atoms with E-state index in [0.717, 1.165) is 53.2 Å². The SMILES string of the molecule is O=C(O)CSC1C2=C(CCCC2)C(=O)N1Cc1ccc2cocc2c1.